The first-order chi connectivity index (χ1) is 14.1. The van der Waals surface area contributed by atoms with Gasteiger partial charge in [0.2, 0.25) is 11.7 Å². The molecule has 0 spiro atoms. The molecular formula is C19H17N5O5. The molecule has 3 aromatic heterocycles. The minimum Gasteiger partial charge on any atom is -0.493 e. The summed E-state index contributed by atoms with van der Waals surface area (Å²) in [5.74, 6) is 0.370. The lowest BCUT2D eigenvalue weighted by atomic mass is 10.1. The summed E-state index contributed by atoms with van der Waals surface area (Å²) in [5.41, 5.74) is 0.0930. The number of aryl methyl sites for hydroxylation is 1. The normalized spacial score (nSPS) is 11.0. The van der Waals surface area contributed by atoms with E-state index in [0.29, 0.717) is 22.5 Å². The summed E-state index contributed by atoms with van der Waals surface area (Å²) in [6, 6.07) is 6.58. The maximum Gasteiger partial charge on any atom is 0.349 e. The second-order valence-electron chi connectivity index (χ2n) is 6.11. The standard InChI is InChI=1S/C19H17N5O5/c1-3-24-10-12(8-21-24)17-22-15(29-23-17)9-20-18(25)13-7-11-5-4-6-14(27-2)16(11)28-19(13)26/h4-8,10H,3,9H2,1-2H3,(H,20,25). The molecular weight excluding hydrogens is 378 g/mol. The quantitative estimate of drug-likeness (QED) is 0.491. The lowest BCUT2D eigenvalue weighted by Gasteiger charge is -2.05. The fraction of sp³-hybridized carbons (Fsp3) is 0.211. The number of carbonyl (C=O) groups excluding carboxylic acids is 1. The van der Waals surface area contributed by atoms with Crippen LogP contribution < -0.4 is 15.7 Å². The van der Waals surface area contributed by atoms with Gasteiger partial charge < -0.3 is 19.0 Å². The van der Waals surface area contributed by atoms with E-state index in [1.165, 1.54) is 13.2 Å². The summed E-state index contributed by atoms with van der Waals surface area (Å²) in [4.78, 5) is 28.9. The Kier molecular flexibility index (Phi) is 4.82. The lowest BCUT2D eigenvalue weighted by Crippen LogP contribution is -2.28. The van der Waals surface area contributed by atoms with Crippen LogP contribution in [0.5, 0.6) is 5.75 Å². The Morgan fingerprint density at radius 3 is 2.97 bits per heavy atom. The van der Waals surface area contributed by atoms with E-state index in [9.17, 15) is 9.59 Å². The molecule has 0 aliphatic rings. The molecule has 0 fully saturated rings. The Labute approximate surface area is 164 Å². The van der Waals surface area contributed by atoms with Crippen molar-refractivity contribution in [3.63, 3.8) is 0 Å². The monoisotopic (exact) mass is 395 g/mol. The predicted molar refractivity (Wildman–Crippen MR) is 101 cm³/mol. The highest BCUT2D eigenvalue weighted by Crippen LogP contribution is 2.24. The smallest absolute Gasteiger partial charge is 0.349 e. The third-order valence-electron chi connectivity index (χ3n) is 4.27. The summed E-state index contributed by atoms with van der Waals surface area (Å²) in [6.45, 7) is 2.65. The van der Waals surface area contributed by atoms with Gasteiger partial charge >= 0.3 is 5.63 Å². The molecule has 3 heterocycles. The van der Waals surface area contributed by atoms with Gasteiger partial charge in [-0.25, -0.2) is 4.79 Å². The molecule has 4 rings (SSSR count). The number of ether oxygens (including phenoxy) is 1. The lowest BCUT2D eigenvalue weighted by molar-refractivity contribution is 0.0942. The Bertz CT molecular complexity index is 1240. The maximum absolute atomic E-state index is 12.5. The van der Waals surface area contributed by atoms with E-state index in [1.807, 2.05) is 6.92 Å². The maximum atomic E-state index is 12.5. The van der Waals surface area contributed by atoms with Crippen molar-refractivity contribution in [2.24, 2.45) is 0 Å². The molecule has 1 aromatic carbocycles. The number of methoxy groups -OCH3 is 1. The number of fused-ring (bicyclic) bond motifs is 1. The van der Waals surface area contributed by atoms with Crippen molar-refractivity contribution in [3.8, 4) is 17.1 Å². The summed E-state index contributed by atoms with van der Waals surface area (Å²) < 4.78 is 17.3. The predicted octanol–water partition coefficient (Wildman–Crippen LogP) is 2.00. The van der Waals surface area contributed by atoms with Gasteiger partial charge in [0, 0.05) is 18.1 Å². The van der Waals surface area contributed by atoms with Crippen LogP contribution in [0.15, 0.2) is 50.4 Å². The minimum atomic E-state index is -0.766. The fourth-order valence-corrected chi connectivity index (χ4v) is 2.78. The first kappa shape index (κ1) is 18.4. The topological polar surface area (TPSA) is 125 Å². The van der Waals surface area contributed by atoms with Crippen molar-refractivity contribution in [1.29, 1.82) is 0 Å². The van der Waals surface area contributed by atoms with E-state index >= 15 is 0 Å². The zero-order valence-electron chi connectivity index (χ0n) is 15.7. The Hall–Kier alpha value is -3.95. The van der Waals surface area contributed by atoms with Gasteiger partial charge in [-0.05, 0) is 19.1 Å². The number of nitrogens with one attached hydrogen (secondary N) is 1. The summed E-state index contributed by atoms with van der Waals surface area (Å²) in [5, 5.41) is 11.2. The zero-order valence-corrected chi connectivity index (χ0v) is 15.7. The number of hydrogen-bond donors (Lipinski definition) is 1. The highest BCUT2D eigenvalue weighted by Gasteiger charge is 2.17. The Morgan fingerprint density at radius 1 is 1.34 bits per heavy atom. The van der Waals surface area contributed by atoms with Crippen LogP contribution in [0, 0.1) is 0 Å². The van der Waals surface area contributed by atoms with Crippen LogP contribution in [0.4, 0.5) is 0 Å². The second-order valence-corrected chi connectivity index (χ2v) is 6.11. The van der Waals surface area contributed by atoms with Crippen LogP contribution in [0.3, 0.4) is 0 Å². The highest BCUT2D eigenvalue weighted by molar-refractivity contribution is 5.97. The van der Waals surface area contributed by atoms with Crippen molar-refractivity contribution in [2.45, 2.75) is 20.0 Å². The molecule has 4 aromatic rings. The molecule has 148 valence electrons. The molecule has 29 heavy (non-hydrogen) atoms. The number of carbonyl (C=O) groups is 1. The average Bonchev–Trinajstić information content (AvgIpc) is 3.40. The third kappa shape index (κ3) is 3.59. The molecule has 1 N–H and O–H groups in total. The molecule has 0 radical (unpaired) electrons. The van der Waals surface area contributed by atoms with Crippen LogP contribution in [0.25, 0.3) is 22.4 Å². The largest absolute Gasteiger partial charge is 0.493 e. The van der Waals surface area contributed by atoms with Crippen LogP contribution >= 0.6 is 0 Å². The second kappa shape index (κ2) is 7.58. The van der Waals surface area contributed by atoms with E-state index in [4.69, 9.17) is 13.7 Å². The van der Waals surface area contributed by atoms with Crippen molar-refractivity contribution in [2.75, 3.05) is 7.11 Å². The molecule has 0 unspecified atom stereocenters. The van der Waals surface area contributed by atoms with Gasteiger partial charge in [0.1, 0.15) is 5.56 Å². The molecule has 0 aliphatic carbocycles. The van der Waals surface area contributed by atoms with Gasteiger partial charge in [-0.3, -0.25) is 9.48 Å². The fourth-order valence-electron chi connectivity index (χ4n) is 2.78. The van der Waals surface area contributed by atoms with Gasteiger partial charge in [-0.1, -0.05) is 17.3 Å². The van der Waals surface area contributed by atoms with E-state index in [2.05, 4.69) is 20.6 Å². The van der Waals surface area contributed by atoms with Gasteiger partial charge in [-0.2, -0.15) is 10.1 Å². The minimum absolute atomic E-state index is 0.0384. The number of nitrogens with zero attached hydrogens (tertiary/aromatic N) is 4. The molecule has 10 heteroatoms. The molecule has 0 saturated heterocycles. The van der Waals surface area contributed by atoms with Gasteiger partial charge in [0.25, 0.3) is 5.91 Å². The molecule has 0 aliphatic heterocycles. The first-order valence-electron chi connectivity index (χ1n) is 8.83. The van der Waals surface area contributed by atoms with E-state index < -0.39 is 11.5 Å². The summed E-state index contributed by atoms with van der Waals surface area (Å²) in [6.07, 6.45) is 3.42. The van der Waals surface area contributed by atoms with E-state index in [-0.39, 0.29) is 23.6 Å². The van der Waals surface area contributed by atoms with Crippen molar-refractivity contribution >= 4 is 16.9 Å². The molecule has 1 amide bonds. The van der Waals surface area contributed by atoms with Gasteiger partial charge in [0.15, 0.2) is 11.3 Å². The van der Waals surface area contributed by atoms with Gasteiger partial charge in [-0.15, -0.1) is 0 Å². The van der Waals surface area contributed by atoms with Crippen LogP contribution in [-0.4, -0.2) is 32.9 Å². The average molecular weight is 395 g/mol. The number of benzene rings is 1. The molecule has 10 nitrogen and oxygen atoms in total. The zero-order chi connectivity index (χ0) is 20.4. The number of rotatable bonds is 6. The van der Waals surface area contributed by atoms with Gasteiger partial charge in [0.05, 0.1) is 25.4 Å². The van der Waals surface area contributed by atoms with E-state index in [1.54, 1.807) is 35.3 Å². The summed E-state index contributed by atoms with van der Waals surface area (Å²) >= 11 is 0. The van der Waals surface area contributed by atoms with E-state index in [0.717, 1.165) is 6.54 Å². The van der Waals surface area contributed by atoms with Crippen molar-refractivity contribution in [3.05, 3.63) is 58.5 Å². The molecule has 0 atom stereocenters. The third-order valence-corrected chi connectivity index (χ3v) is 4.27. The van der Waals surface area contributed by atoms with Crippen LogP contribution in [0.2, 0.25) is 0 Å². The Morgan fingerprint density at radius 2 is 2.21 bits per heavy atom. The highest BCUT2D eigenvalue weighted by atomic mass is 16.5. The van der Waals surface area contributed by atoms with Crippen LogP contribution in [0.1, 0.15) is 23.2 Å². The number of amides is 1. The first-order valence-corrected chi connectivity index (χ1v) is 8.83. The number of hydrogen-bond acceptors (Lipinski definition) is 8. The number of aromatic nitrogens is 4. The van der Waals surface area contributed by atoms with Crippen LogP contribution in [-0.2, 0) is 13.1 Å². The number of para-hydroxylation sites is 1. The molecule has 0 saturated carbocycles. The molecule has 0 bridgehead atoms. The van der Waals surface area contributed by atoms with Crippen molar-refractivity contribution < 1.29 is 18.5 Å². The SMILES string of the molecule is CCn1cc(-c2noc(CNC(=O)c3cc4cccc(OC)c4oc3=O)n2)cn1. The van der Waals surface area contributed by atoms with Crippen molar-refractivity contribution in [1.82, 2.24) is 25.2 Å². The Balaban J connectivity index is 1.50. The summed E-state index contributed by atoms with van der Waals surface area (Å²) in [7, 11) is 1.47.